The Balaban J connectivity index is 1.60. The SMILES string of the molecule is Cc1ccc(C2=C(COc3ccc(CCC(=O)O)c(C(F)(F)F)c3)CCOC2)cc1-c1ccccc1. The lowest BCUT2D eigenvalue weighted by molar-refractivity contribution is -0.140. The Morgan fingerprint density at radius 1 is 1.03 bits per heavy atom. The zero-order valence-corrected chi connectivity index (χ0v) is 19.9. The van der Waals surface area contributed by atoms with Crippen LogP contribution in [0.2, 0.25) is 0 Å². The quantitative estimate of drug-likeness (QED) is 0.367. The zero-order chi connectivity index (χ0) is 25.7. The van der Waals surface area contributed by atoms with Gasteiger partial charge < -0.3 is 14.6 Å². The van der Waals surface area contributed by atoms with E-state index in [0.717, 1.165) is 39.5 Å². The van der Waals surface area contributed by atoms with Crippen molar-refractivity contribution in [3.8, 4) is 16.9 Å². The molecule has 0 aromatic heterocycles. The predicted octanol–water partition coefficient (Wildman–Crippen LogP) is 6.95. The number of hydrogen-bond acceptors (Lipinski definition) is 3. The molecule has 36 heavy (non-hydrogen) atoms. The lowest BCUT2D eigenvalue weighted by Gasteiger charge is -2.23. The molecule has 3 aromatic carbocycles. The van der Waals surface area contributed by atoms with Crippen molar-refractivity contribution in [2.45, 2.75) is 32.4 Å². The van der Waals surface area contributed by atoms with Gasteiger partial charge in [0, 0.05) is 6.42 Å². The third-order valence-electron chi connectivity index (χ3n) is 6.30. The average Bonchev–Trinajstić information content (AvgIpc) is 2.87. The van der Waals surface area contributed by atoms with Gasteiger partial charge in [-0.05, 0) is 76.9 Å². The van der Waals surface area contributed by atoms with Crippen LogP contribution >= 0.6 is 0 Å². The molecule has 1 N–H and O–H groups in total. The fourth-order valence-electron chi connectivity index (χ4n) is 4.35. The number of carboxylic acid groups (broad SMARTS) is 1. The van der Waals surface area contributed by atoms with Gasteiger partial charge in [0.15, 0.2) is 0 Å². The van der Waals surface area contributed by atoms with Crippen LogP contribution in [0.15, 0.2) is 72.3 Å². The summed E-state index contributed by atoms with van der Waals surface area (Å²) in [6, 6.07) is 20.0. The van der Waals surface area contributed by atoms with Crippen molar-refractivity contribution in [1.82, 2.24) is 0 Å². The number of ether oxygens (including phenoxy) is 2. The molecular weight excluding hydrogens is 469 g/mol. The van der Waals surface area contributed by atoms with Gasteiger partial charge in [0.05, 0.1) is 18.8 Å². The van der Waals surface area contributed by atoms with E-state index in [1.807, 2.05) is 24.3 Å². The van der Waals surface area contributed by atoms with Crippen LogP contribution in [0.25, 0.3) is 16.7 Å². The van der Waals surface area contributed by atoms with Gasteiger partial charge in [-0.15, -0.1) is 0 Å². The van der Waals surface area contributed by atoms with Gasteiger partial charge >= 0.3 is 12.1 Å². The maximum Gasteiger partial charge on any atom is 0.416 e. The first-order valence-electron chi connectivity index (χ1n) is 11.7. The fraction of sp³-hybridized carbons (Fsp3) is 0.276. The fourth-order valence-corrected chi connectivity index (χ4v) is 4.35. The Hall–Kier alpha value is -3.58. The minimum Gasteiger partial charge on any atom is -0.489 e. The molecule has 0 aliphatic carbocycles. The molecule has 0 fully saturated rings. The number of rotatable bonds is 8. The highest BCUT2D eigenvalue weighted by Crippen LogP contribution is 2.36. The summed E-state index contributed by atoms with van der Waals surface area (Å²) in [6.45, 7) is 3.11. The summed E-state index contributed by atoms with van der Waals surface area (Å²) >= 11 is 0. The molecule has 4 nitrogen and oxygen atoms in total. The van der Waals surface area contributed by atoms with Crippen molar-refractivity contribution in [3.63, 3.8) is 0 Å². The standard InChI is InChI=1S/C29H27F3O4/c1-19-7-8-22(15-25(19)20-5-3-2-4-6-20)26-18-35-14-13-23(26)17-36-24-11-9-21(10-12-28(33)34)27(16-24)29(30,31)32/h2-9,11,15-16H,10,12-14,17-18H2,1H3,(H,33,34). The van der Waals surface area contributed by atoms with Crippen molar-refractivity contribution in [2.75, 3.05) is 19.8 Å². The molecule has 0 amide bonds. The zero-order valence-electron chi connectivity index (χ0n) is 19.9. The number of aryl methyl sites for hydroxylation is 2. The Bertz CT molecular complexity index is 1260. The summed E-state index contributed by atoms with van der Waals surface area (Å²) in [6.07, 6.45) is -4.56. The summed E-state index contributed by atoms with van der Waals surface area (Å²) in [7, 11) is 0. The molecular formula is C29H27F3O4. The Morgan fingerprint density at radius 2 is 1.81 bits per heavy atom. The minimum absolute atomic E-state index is 0.0590. The van der Waals surface area contributed by atoms with E-state index in [2.05, 4.69) is 31.2 Å². The first-order valence-corrected chi connectivity index (χ1v) is 11.7. The smallest absolute Gasteiger partial charge is 0.416 e. The second-order valence-electron chi connectivity index (χ2n) is 8.78. The molecule has 1 heterocycles. The number of hydrogen-bond donors (Lipinski definition) is 1. The molecule has 0 unspecified atom stereocenters. The summed E-state index contributed by atoms with van der Waals surface area (Å²) in [5.74, 6) is -1.05. The third-order valence-corrected chi connectivity index (χ3v) is 6.30. The van der Waals surface area contributed by atoms with E-state index >= 15 is 0 Å². The second kappa shape index (κ2) is 11.0. The van der Waals surface area contributed by atoms with Gasteiger partial charge in [-0.1, -0.05) is 48.5 Å². The van der Waals surface area contributed by atoms with Crippen LogP contribution in [0.4, 0.5) is 13.2 Å². The highest BCUT2D eigenvalue weighted by Gasteiger charge is 2.34. The van der Waals surface area contributed by atoms with Crippen LogP contribution in [0.3, 0.4) is 0 Å². The lowest BCUT2D eigenvalue weighted by atomic mass is 9.92. The summed E-state index contributed by atoms with van der Waals surface area (Å²) in [4.78, 5) is 10.8. The Labute approximate surface area is 208 Å². The highest BCUT2D eigenvalue weighted by molar-refractivity contribution is 5.77. The molecule has 1 aliphatic rings. The molecule has 0 radical (unpaired) electrons. The Morgan fingerprint density at radius 3 is 2.53 bits per heavy atom. The molecule has 7 heteroatoms. The van der Waals surface area contributed by atoms with Crippen LogP contribution in [0.5, 0.6) is 5.75 Å². The summed E-state index contributed by atoms with van der Waals surface area (Å²) < 4.78 is 52.4. The Kier molecular flexibility index (Phi) is 7.79. The normalized spacial score (nSPS) is 14.1. The minimum atomic E-state index is -4.61. The van der Waals surface area contributed by atoms with Crippen LogP contribution in [-0.4, -0.2) is 30.9 Å². The van der Waals surface area contributed by atoms with Crippen molar-refractivity contribution < 1.29 is 32.5 Å². The molecule has 0 saturated heterocycles. The number of alkyl halides is 3. The molecule has 4 rings (SSSR count). The first kappa shape index (κ1) is 25.5. The van der Waals surface area contributed by atoms with Crippen LogP contribution < -0.4 is 4.74 Å². The van der Waals surface area contributed by atoms with Gasteiger partial charge in [-0.2, -0.15) is 13.2 Å². The van der Waals surface area contributed by atoms with E-state index in [1.54, 1.807) is 0 Å². The maximum atomic E-state index is 13.6. The van der Waals surface area contributed by atoms with Crippen molar-refractivity contribution in [3.05, 3.63) is 94.6 Å². The molecule has 0 saturated carbocycles. The molecule has 0 spiro atoms. The van der Waals surface area contributed by atoms with Crippen LogP contribution in [0.1, 0.15) is 35.1 Å². The number of halogens is 3. The van der Waals surface area contributed by atoms with Crippen LogP contribution in [0, 0.1) is 6.92 Å². The lowest BCUT2D eigenvalue weighted by Crippen LogP contribution is -2.16. The van der Waals surface area contributed by atoms with Crippen molar-refractivity contribution in [2.24, 2.45) is 0 Å². The average molecular weight is 497 g/mol. The van der Waals surface area contributed by atoms with Gasteiger partial charge in [-0.25, -0.2) is 0 Å². The van der Waals surface area contributed by atoms with Crippen molar-refractivity contribution in [1.29, 1.82) is 0 Å². The van der Waals surface area contributed by atoms with E-state index < -0.39 is 17.7 Å². The van der Waals surface area contributed by atoms with E-state index in [1.165, 1.54) is 12.1 Å². The summed E-state index contributed by atoms with van der Waals surface area (Å²) in [5, 5.41) is 8.85. The van der Waals surface area contributed by atoms with Gasteiger partial charge in [0.2, 0.25) is 0 Å². The molecule has 188 valence electrons. The van der Waals surface area contributed by atoms with Crippen molar-refractivity contribution >= 4 is 11.5 Å². The second-order valence-corrected chi connectivity index (χ2v) is 8.78. The summed E-state index contributed by atoms with van der Waals surface area (Å²) in [5.41, 5.74) is 5.39. The number of aliphatic carboxylic acids is 1. The van der Waals surface area contributed by atoms with Gasteiger partial charge in [0.1, 0.15) is 12.4 Å². The largest absolute Gasteiger partial charge is 0.489 e. The van der Waals surface area contributed by atoms with Gasteiger partial charge in [-0.3, -0.25) is 4.79 Å². The molecule has 3 aromatic rings. The number of carbonyl (C=O) groups is 1. The number of carboxylic acids is 1. The van der Waals surface area contributed by atoms with E-state index in [4.69, 9.17) is 14.6 Å². The molecule has 0 atom stereocenters. The highest BCUT2D eigenvalue weighted by atomic mass is 19.4. The van der Waals surface area contributed by atoms with E-state index in [9.17, 15) is 18.0 Å². The first-order chi connectivity index (χ1) is 17.2. The number of benzene rings is 3. The van der Waals surface area contributed by atoms with E-state index in [0.29, 0.717) is 19.6 Å². The monoisotopic (exact) mass is 496 g/mol. The van der Waals surface area contributed by atoms with Crippen LogP contribution in [-0.2, 0) is 22.1 Å². The maximum absolute atomic E-state index is 13.6. The third kappa shape index (κ3) is 6.15. The molecule has 1 aliphatic heterocycles. The van der Waals surface area contributed by atoms with E-state index in [-0.39, 0.29) is 30.8 Å². The topological polar surface area (TPSA) is 55.8 Å². The molecule has 0 bridgehead atoms. The van der Waals surface area contributed by atoms with Gasteiger partial charge in [0.25, 0.3) is 0 Å². The predicted molar refractivity (Wildman–Crippen MR) is 132 cm³/mol.